The van der Waals surface area contributed by atoms with E-state index in [1.165, 1.54) is 0 Å². The van der Waals surface area contributed by atoms with Crippen LogP contribution in [0.3, 0.4) is 0 Å². The topological polar surface area (TPSA) is 12.0 Å². The van der Waals surface area contributed by atoms with Gasteiger partial charge in [-0.15, -0.1) is 11.8 Å². The summed E-state index contributed by atoms with van der Waals surface area (Å²) in [5.41, 5.74) is 2.68. The fourth-order valence-electron chi connectivity index (χ4n) is 5.21. The smallest absolute Gasteiger partial charge is 0.124 e. The summed E-state index contributed by atoms with van der Waals surface area (Å²) in [5, 5.41) is 0.777. The Morgan fingerprint density at radius 1 is 1.05 bits per heavy atom. The van der Waals surface area contributed by atoms with Gasteiger partial charge in [-0.2, -0.15) is 0 Å². The summed E-state index contributed by atoms with van der Waals surface area (Å²) in [6.45, 7) is 17.1. The molecule has 1 aromatic rings. The summed E-state index contributed by atoms with van der Waals surface area (Å²) in [5.74, 6) is 2.36. The quantitative estimate of drug-likeness (QED) is 0.718. The molecule has 2 aliphatic rings. The van der Waals surface area contributed by atoms with Gasteiger partial charge in [0.05, 0.1) is 0 Å². The molecule has 5 atom stereocenters. The normalized spacial score (nSPS) is 34.6. The van der Waals surface area contributed by atoms with Crippen molar-refractivity contribution in [2.45, 2.75) is 74.9 Å². The first-order valence-electron chi connectivity index (χ1n) is 8.67. The van der Waals surface area contributed by atoms with Crippen LogP contribution in [0.15, 0.2) is 29.2 Å². The predicted molar refractivity (Wildman–Crippen MR) is 101 cm³/mol. The van der Waals surface area contributed by atoms with Crippen LogP contribution in [-0.2, 0) is 0 Å². The molecule has 0 aromatic heterocycles. The van der Waals surface area contributed by atoms with Crippen LogP contribution in [0.2, 0.25) is 18.6 Å². The minimum atomic E-state index is -1.51. The molecule has 3 heteroatoms. The van der Waals surface area contributed by atoms with Crippen LogP contribution in [0.25, 0.3) is 0 Å². The zero-order chi connectivity index (χ0) is 16.3. The van der Waals surface area contributed by atoms with E-state index in [1.807, 2.05) is 0 Å². The maximum Gasteiger partial charge on any atom is 0.124 e. The molecule has 1 saturated carbocycles. The summed E-state index contributed by atoms with van der Waals surface area (Å²) in [6.07, 6.45) is 0. The molecule has 3 unspecified atom stereocenters. The highest BCUT2D eigenvalue weighted by Crippen LogP contribution is 2.64. The van der Waals surface area contributed by atoms with Crippen molar-refractivity contribution < 1.29 is 0 Å². The zero-order valence-corrected chi connectivity index (χ0v) is 16.9. The highest BCUT2D eigenvalue weighted by atomic mass is 32.2. The highest BCUT2D eigenvalue weighted by molar-refractivity contribution is 8.00. The molecule has 1 aromatic carbocycles. The van der Waals surface area contributed by atoms with E-state index in [0.29, 0.717) is 0 Å². The number of fused-ring (bicyclic) bond motifs is 3. The van der Waals surface area contributed by atoms with Crippen molar-refractivity contribution in [1.82, 2.24) is 4.98 Å². The molecule has 122 valence electrons. The van der Waals surface area contributed by atoms with Crippen molar-refractivity contribution in [1.29, 1.82) is 0 Å². The fourth-order valence-corrected chi connectivity index (χ4v) is 12.9. The second-order valence-corrected chi connectivity index (χ2v) is 14.6. The van der Waals surface area contributed by atoms with Gasteiger partial charge < -0.3 is 4.98 Å². The lowest BCUT2D eigenvalue weighted by Gasteiger charge is -2.41. The number of nitrogens with one attached hydrogen (secondary N) is 1. The van der Waals surface area contributed by atoms with Gasteiger partial charge in [-0.05, 0) is 49.8 Å². The molecule has 22 heavy (non-hydrogen) atoms. The van der Waals surface area contributed by atoms with Crippen molar-refractivity contribution in [2.75, 3.05) is 0 Å². The average Bonchev–Trinajstić information content (AvgIpc) is 2.83. The molecule has 1 fully saturated rings. The molecule has 3 rings (SSSR count). The van der Waals surface area contributed by atoms with Crippen LogP contribution in [-0.4, -0.2) is 19.0 Å². The maximum absolute atomic E-state index is 4.05. The van der Waals surface area contributed by atoms with Crippen LogP contribution in [0.5, 0.6) is 0 Å². The Morgan fingerprint density at radius 2 is 1.68 bits per heavy atom. The van der Waals surface area contributed by atoms with Gasteiger partial charge in [-0.3, -0.25) is 0 Å². The highest BCUT2D eigenvalue weighted by Gasteiger charge is 2.56. The molecule has 0 amide bonds. The van der Waals surface area contributed by atoms with Gasteiger partial charge in [0.25, 0.3) is 0 Å². The third kappa shape index (κ3) is 2.69. The molecule has 1 aliphatic carbocycles. The number of benzene rings is 1. The van der Waals surface area contributed by atoms with E-state index in [1.54, 1.807) is 10.5 Å². The second-order valence-electron chi connectivity index (χ2n) is 8.99. The maximum atomic E-state index is 4.05. The first-order chi connectivity index (χ1) is 10.1. The molecular weight excluding hydrogens is 302 g/mol. The summed E-state index contributed by atoms with van der Waals surface area (Å²) < 4.78 is 0. The molecule has 0 saturated heterocycles. The van der Waals surface area contributed by atoms with Crippen molar-refractivity contribution >= 4 is 20.0 Å². The molecular formula is C19H31NSSi. The van der Waals surface area contributed by atoms with Gasteiger partial charge in [0.2, 0.25) is 0 Å². The lowest BCUT2D eigenvalue weighted by molar-refractivity contribution is 0.413. The SMILES string of the molecule is CC1C2c3ccccc3S[C@@H]2C([Si](C)(C)NC(C)(C)C)[C@@H]1C. The minimum Gasteiger partial charge on any atom is -0.332 e. The Labute approximate surface area is 141 Å². The number of hydrogen-bond donors (Lipinski definition) is 1. The molecule has 0 radical (unpaired) electrons. The van der Waals surface area contributed by atoms with Crippen molar-refractivity contribution in [3.05, 3.63) is 29.8 Å². The van der Waals surface area contributed by atoms with Crippen LogP contribution in [0, 0.1) is 11.8 Å². The van der Waals surface area contributed by atoms with Gasteiger partial charge in [-0.1, -0.05) is 45.1 Å². The molecule has 1 N–H and O–H groups in total. The fraction of sp³-hybridized carbons (Fsp3) is 0.684. The summed E-state index contributed by atoms with van der Waals surface area (Å²) in [7, 11) is -1.51. The number of rotatable bonds is 2. The van der Waals surface area contributed by atoms with Gasteiger partial charge in [0, 0.05) is 21.6 Å². The summed E-state index contributed by atoms with van der Waals surface area (Å²) in [6, 6.07) is 9.14. The average molecular weight is 334 g/mol. The monoisotopic (exact) mass is 333 g/mol. The van der Waals surface area contributed by atoms with Gasteiger partial charge in [-0.25, -0.2) is 0 Å². The van der Waals surface area contributed by atoms with Crippen LogP contribution in [0.4, 0.5) is 0 Å². The van der Waals surface area contributed by atoms with E-state index in [2.05, 4.69) is 88.7 Å². The molecule has 1 heterocycles. The molecule has 1 aliphatic heterocycles. The van der Waals surface area contributed by atoms with Crippen LogP contribution >= 0.6 is 11.8 Å². The number of thioether (sulfide) groups is 1. The van der Waals surface area contributed by atoms with Gasteiger partial charge in [0.1, 0.15) is 8.24 Å². The summed E-state index contributed by atoms with van der Waals surface area (Å²) in [4.78, 5) is 5.60. The second kappa shape index (κ2) is 5.39. The predicted octanol–water partition coefficient (Wildman–Crippen LogP) is 5.49. The first-order valence-corrected chi connectivity index (χ1v) is 12.6. The van der Waals surface area contributed by atoms with Gasteiger partial charge >= 0.3 is 0 Å². The Kier molecular flexibility index (Phi) is 4.07. The van der Waals surface area contributed by atoms with E-state index in [9.17, 15) is 0 Å². The Hall–Kier alpha value is -0.253. The van der Waals surface area contributed by atoms with Crippen molar-refractivity contribution in [3.8, 4) is 0 Å². The Balaban J connectivity index is 1.95. The van der Waals surface area contributed by atoms with Crippen molar-refractivity contribution in [3.63, 3.8) is 0 Å². The Morgan fingerprint density at radius 3 is 2.32 bits per heavy atom. The standard InChI is InChI=1S/C19H31NSSi/c1-12-13(2)18(22(6,7)20-19(3,4)5)17-16(12)14-10-8-9-11-15(14)21-17/h8-13,16-18,20H,1-7H3/t12?,13-,16?,17+,18?/m1/s1. The third-order valence-corrected chi connectivity index (χ3v) is 11.4. The van der Waals surface area contributed by atoms with Crippen molar-refractivity contribution in [2.24, 2.45) is 11.8 Å². The summed E-state index contributed by atoms with van der Waals surface area (Å²) >= 11 is 2.17. The van der Waals surface area contributed by atoms with E-state index in [0.717, 1.165) is 28.5 Å². The third-order valence-electron chi connectivity index (χ3n) is 5.74. The van der Waals surface area contributed by atoms with Crippen LogP contribution in [0.1, 0.15) is 46.1 Å². The largest absolute Gasteiger partial charge is 0.332 e. The van der Waals surface area contributed by atoms with E-state index in [-0.39, 0.29) is 5.54 Å². The lowest BCUT2D eigenvalue weighted by Crippen LogP contribution is -2.59. The minimum absolute atomic E-state index is 0.215. The molecule has 0 bridgehead atoms. The first kappa shape index (κ1) is 16.6. The van der Waals surface area contributed by atoms with Crippen LogP contribution < -0.4 is 4.98 Å². The number of hydrogen-bond acceptors (Lipinski definition) is 2. The zero-order valence-electron chi connectivity index (χ0n) is 15.1. The van der Waals surface area contributed by atoms with E-state index >= 15 is 0 Å². The Bertz CT molecular complexity index is 563. The van der Waals surface area contributed by atoms with E-state index < -0.39 is 8.24 Å². The molecule has 1 nitrogen and oxygen atoms in total. The van der Waals surface area contributed by atoms with E-state index in [4.69, 9.17) is 0 Å². The van der Waals surface area contributed by atoms with Gasteiger partial charge in [0.15, 0.2) is 0 Å². The lowest BCUT2D eigenvalue weighted by atomic mass is 9.87. The molecule has 0 spiro atoms.